The highest BCUT2D eigenvalue weighted by Gasteiger charge is 2.66. The first-order chi connectivity index (χ1) is 10.8. The summed E-state index contributed by atoms with van der Waals surface area (Å²) in [5.74, 6) is 1.60. The fraction of sp³-hybridized carbons (Fsp3) is 0.667. The van der Waals surface area contributed by atoms with Gasteiger partial charge in [-0.2, -0.15) is 0 Å². The summed E-state index contributed by atoms with van der Waals surface area (Å²) in [6.07, 6.45) is 5.64. The Morgan fingerprint density at radius 1 is 1.27 bits per heavy atom. The average molecular weight is 303 g/mol. The second-order valence-electron chi connectivity index (χ2n) is 6.79. The monoisotopic (exact) mass is 303 g/mol. The molecule has 3 fully saturated rings. The van der Waals surface area contributed by atoms with Crippen LogP contribution in [-0.4, -0.2) is 39.1 Å². The molecule has 4 rings (SSSR count). The van der Waals surface area contributed by atoms with E-state index in [2.05, 4.69) is 17.4 Å². The van der Waals surface area contributed by atoms with Gasteiger partial charge in [-0.15, -0.1) is 0 Å². The lowest BCUT2D eigenvalue weighted by Gasteiger charge is -2.63. The molecule has 0 bridgehead atoms. The van der Waals surface area contributed by atoms with Crippen molar-refractivity contribution in [2.75, 3.05) is 32.2 Å². The van der Waals surface area contributed by atoms with E-state index >= 15 is 0 Å². The number of nitrogens with one attached hydrogen (secondary N) is 1. The van der Waals surface area contributed by atoms with E-state index in [-0.39, 0.29) is 0 Å². The van der Waals surface area contributed by atoms with E-state index in [1.54, 1.807) is 7.11 Å². The fourth-order valence-corrected chi connectivity index (χ4v) is 4.57. The SMILES string of the molecule is COCCOc1ccccc1N[C@@H]1[C@H]2CCO[C@@H]2C12CCC2. The third-order valence-corrected chi connectivity index (χ3v) is 5.78. The highest BCUT2D eigenvalue weighted by atomic mass is 16.5. The maximum absolute atomic E-state index is 6.00. The summed E-state index contributed by atoms with van der Waals surface area (Å²) in [5, 5.41) is 3.79. The highest BCUT2D eigenvalue weighted by Crippen LogP contribution is 2.63. The zero-order valence-corrected chi connectivity index (χ0v) is 13.2. The van der Waals surface area contributed by atoms with E-state index in [4.69, 9.17) is 14.2 Å². The number of benzene rings is 1. The van der Waals surface area contributed by atoms with Crippen LogP contribution in [0, 0.1) is 11.3 Å². The number of fused-ring (bicyclic) bond motifs is 2. The van der Waals surface area contributed by atoms with Gasteiger partial charge in [0.1, 0.15) is 12.4 Å². The molecule has 1 N–H and O–H groups in total. The second kappa shape index (κ2) is 5.74. The predicted molar refractivity (Wildman–Crippen MR) is 85.4 cm³/mol. The van der Waals surface area contributed by atoms with Gasteiger partial charge in [0.05, 0.1) is 18.4 Å². The molecule has 1 spiro atoms. The lowest BCUT2D eigenvalue weighted by atomic mass is 9.46. The predicted octanol–water partition coefficient (Wildman–Crippen LogP) is 3.08. The van der Waals surface area contributed by atoms with Crippen LogP contribution < -0.4 is 10.1 Å². The molecule has 1 heterocycles. The lowest BCUT2D eigenvalue weighted by Crippen LogP contribution is -2.68. The van der Waals surface area contributed by atoms with Gasteiger partial charge in [0.2, 0.25) is 0 Å². The third-order valence-electron chi connectivity index (χ3n) is 5.78. The summed E-state index contributed by atoms with van der Waals surface area (Å²) >= 11 is 0. The molecule has 0 aromatic heterocycles. The minimum atomic E-state index is 0.390. The largest absolute Gasteiger partial charge is 0.489 e. The van der Waals surface area contributed by atoms with E-state index in [0.717, 1.165) is 18.0 Å². The number of methoxy groups -OCH3 is 1. The third kappa shape index (κ3) is 2.12. The van der Waals surface area contributed by atoms with Gasteiger partial charge in [0.25, 0.3) is 0 Å². The summed E-state index contributed by atoms with van der Waals surface area (Å²) in [6, 6.07) is 8.79. The highest BCUT2D eigenvalue weighted by molar-refractivity contribution is 5.58. The normalized spacial score (nSPS) is 31.2. The van der Waals surface area contributed by atoms with Crippen LogP contribution in [-0.2, 0) is 9.47 Å². The first-order valence-corrected chi connectivity index (χ1v) is 8.44. The molecule has 120 valence electrons. The van der Waals surface area contributed by atoms with Crippen LogP contribution in [0.5, 0.6) is 5.75 Å². The Hall–Kier alpha value is -1.26. The first kappa shape index (κ1) is 14.3. The van der Waals surface area contributed by atoms with Crippen LogP contribution in [0.4, 0.5) is 5.69 Å². The van der Waals surface area contributed by atoms with E-state index in [0.29, 0.717) is 36.7 Å². The summed E-state index contributed by atoms with van der Waals surface area (Å²) in [4.78, 5) is 0. The van der Waals surface area contributed by atoms with E-state index in [9.17, 15) is 0 Å². The van der Waals surface area contributed by atoms with Crippen molar-refractivity contribution in [1.82, 2.24) is 0 Å². The fourth-order valence-electron chi connectivity index (χ4n) is 4.57. The molecule has 1 aromatic carbocycles. The van der Waals surface area contributed by atoms with Crippen molar-refractivity contribution in [2.45, 2.75) is 37.8 Å². The van der Waals surface area contributed by atoms with Gasteiger partial charge in [-0.05, 0) is 31.4 Å². The van der Waals surface area contributed by atoms with Crippen molar-refractivity contribution in [3.63, 3.8) is 0 Å². The Kier molecular flexibility index (Phi) is 3.74. The maximum atomic E-state index is 6.00. The summed E-state index contributed by atoms with van der Waals surface area (Å²) in [6.45, 7) is 2.13. The van der Waals surface area contributed by atoms with Gasteiger partial charge in [0, 0.05) is 31.1 Å². The molecule has 0 radical (unpaired) electrons. The molecule has 2 aliphatic carbocycles. The van der Waals surface area contributed by atoms with Crippen molar-refractivity contribution >= 4 is 5.69 Å². The maximum Gasteiger partial charge on any atom is 0.142 e. The number of ether oxygens (including phenoxy) is 3. The Bertz CT molecular complexity index is 529. The van der Waals surface area contributed by atoms with Crippen LogP contribution in [0.3, 0.4) is 0 Å². The van der Waals surface area contributed by atoms with Crippen LogP contribution in [0.25, 0.3) is 0 Å². The molecule has 3 atom stereocenters. The topological polar surface area (TPSA) is 39.7 Å². The van der Waals surface area contributed by atoms with E-state index in [1.807, 2.05) is 12.1 Å². The van der Waals surface area contributed by atoms with Gasteiger partial charge in [-0.3, -0.25) is 0 Å². The Morgan fingerprint density at radius 2 is 2.14 bits per heavy atom. The number of para-hydroxylation sites is 2. The molecule has 4 heteroatoms. The molecule has 1 aliphatic heterocycles. The number of anilines is 1. The zero-order chi connectivity index (χ0) is 15.0. The summed E-state index contributed by atoms with van der Waals surface area (Å²) in [7, 11) is 1.70. The van der Waals surface area contributed by atoms with Crippen molar-refractivity contribution in [1.29, 1.82) is 0 Å². The van der Waals surface area contributed by atoms with Gasteiger partial charge in [-0.1, -0.05) is 18.6 Å². The van der Waals surface area contributed by atoms with E-state index < -0.39 is 0 Å². The first-order valence-electron chi connectivity index (χ1n) is 8.44. The Labute approximate surface area is 132 Å². The van der Waals surface area contributed by atoms with Gasteiger partial charge in [0.15, 0.2) is 0 Å². The minimum absolute atomic E-state index is 0.390. The molecule has 3 aliphatic rings. The van der Waals surface area contributed by atoms with Crippen LogP contribution in [0.1, 0.15) is 25.7 Å². The summed E-state index contributed by atoms with van der Waals surface area (Å²) in [5.41, 5.74) is 1.50. The molecule has 4 nitrogen and oxygen atoms in total. The Morgan fingerprint density at radius 3 is 2.91 bits per heavy atom. The number of hydrogen-bond acceptors (Lipinski definition) is 4. The molecule has 0 amide bonds. The molecule has 1 aromatic rings. The number of rotatable bonds is 6. The minimum Gasteiger partial charge on any atom is -0.489 e. The molecular formula is C18H25NO3. The number of hydrogen-bond donors (Lipinski definition) is 1. The van der Waals surface area contributed by atoms with Crippen molar-refractivity contribution in [3.05, 3.63) is 24.3 Å². The smallest absolute Gasteiger partial charge is 0.142 e. The standard InChI is InChI=1S/C18H25NO3/c1-20-11-12-21-15-6-3-2-5-14(15)19-16-13-7-10-22-17(13)18(16)8-4-9-18/h2-3,5-6,13,16-17,19H,4,7-12H2,1H3/t13-,16-,17+/m1/s1. The van der Waals surface area contributed by atoms with Crippen molar-refractivity contribution < 1.29 is 14.2 Å². The quantitative estimate of drug-likeness (QED) is 0.820. The molecule has 22 heavy (non-hydrogen) atoms. The van der Waals surface area contributed by atoms with Crippen molar-refractivity contribution in [2.24, 2.45) is 11.3 Å². The second-order valence-corrected chi connectivity index (χ2v) is 6.79. The average Bonchev–Trinajstić information content (AvgIpc) is 2.90. The molecule has 2 saturated carbocycles. The molecular weight excluding hydrogens is 278 g/mol. The van der Waals surface area contributed by atoms with Gasteiger partial charge < -0.3 is 19.5 Å². The van der Waals surface area contributed by atoms with Crippen LogP contribution >= 0.6 is 0 Å². The molecule has 1 saturated heterocycles. The molecule has 0 unspecified atom stereocenters. The van der Waals surface area contributed by atoms with Crippen molar-refractivity contribution in [3.8, 4) is 5.75 Å². The van der Waals surface area contributed by atoms with E-state index in [1.165, 1.54) is 25.7 Å². The van der Waals surface area contributed by atoms with Crippen LogP contribution in [0.2, 0.25) is 0 Å². The zero-order valence-electron chi connectivity index (χ0n) is 13.2. The lowest BCUT2D eigenvalue weighted by molar-refractivity contribution is -0.158. The summed E-state index contributed by atoms with van der Waals surface area (Å²) < 4.78 is 16.9. The van der Waals surface area contributed by atoms with Gasteiger partial charge in [-0.25, -0.2) is 0 Å². The van der Waals surface area contributed by atoms with Crippen LogP contribution in [0.15, 0.2) is 24.3 Å². The van der Waals surface area contributed by atoms with Gasteiger partial charge >= 0.3 is 0 Å². The Balaban J connectivity index is 1.49.